The van der Waals surface area contributed by atoms with E-state index in [-0.39, 0.29) is 11.5 Å². The zero-order valence-corrected chi connectivity index (χ0v) is 17.4. The number of hydrazone groups is 1. The average Bonchev–Trinajstić information content (AvgIpc) is 3.30. The van der Waals surface area contributed by atoms with Crippen LogP contribution in [0.25, 0.3) is 0 Å². The first kappa shape index (κ1) is 18.8. The second-order valence-electron chi connectivity index (χ2n) is 10.3. The van der Waals surface area contributed by atoms with E-state index in [1.165, 1.54) is 25.7 Å². The largest absolute Gasteiger partial charge is 0.314 e. The molecule has 5 aliphatic rings. The lowest BCUT2D eigenvalue weighted by atomic mass is 9.47. The van der Waals surface area contributed by atoms with E-state index in [0.29, 0.717) is 17.1 Å². The molecule has 0 radical (unpaired) electrons. The van der Waals surface area contributed by atoms with Gasteiger partial charge in [0, 0.05) is 18.4 Å². The van der Waals surface area contributed by atoms with E-state index in [1.54, 1.807) is 5.57 Å². The molecule has 0 aromatic heterocycles. The van der Waals surface area contributed by atoms with E-state index < -0.39 is 0 Å². The van der Waals surface area contributed by atoms with Gasteiger partial charge in [0.15, 0.2) is 0 Å². The Hall–Kier alpha value is -1.20. The van der Waals surface area contributed by atoms with Crippen LogP contribution in [-0.2, 0) is 9.63 Å². The molecule has 1 aliphatic heterocycles. The van der Waals surface area contributed by atoms with Gasteiger partial charge < -0.3 is 5.32 Å². The van der Waals surface area contributed by atoms with Crippen LogP contribution < -0.4 is 10.9 Å². The van der Waals surface area contributed by atoms with Crippen molar-refractivity contribution in [1.82, 2.24) is 10.9 Å². The minimum atomic E-state index is -0.0175. The molecule has 1 heterocycles. The third kappa shape index (κ3) is 2.88. The molecule has 28 heavy (non-hydrogen) atoms. The van der Waals surface area contributed by atoms with Gasteiger partial charge in [-0.05, 0) is 87.2 Å². The molecule has 154 valence electrons. The van der Waals surface area contributed by atoms with Crippen molar-refractivity contribution in [2.75, 3.05) is 13.1 Å². The molecular weight excluding hydrogens is 350 g/mol. The van der Waals surface area contributed by atoms with Crippen LogP contribution in [0.2, 0.25) is 0 Å². The van der Waals surface area contributed by atoms with E-state index in [1.807, 2.05) is 0 Å². The van der Waals surface area contributed by atoms with Crippen LogP contribution in [0.5, 0.6) is 0 Å². The molecular formula is C23H35N3O2. The van der Waals surface area contributed by atoms with Crippen molar-refractivity contribution >= 4 is 11.5 Å². The van der Waals surface area contributed by atoms with Gasteiger partial charge in [-0.25, -0.2) is 0 Å². The van der Waals surface area contributed by atoms with Gasteiger partial charge >= 0.3 is 0 Å². The first-order valence-corrected chi connectivity index (χ1v) is 11.4. The van der Waals surface area contributed by atoms with Gasteiger partial charge in [0.05, 0.1) is 5.71 Å². The molecule has 1 saturated heterocycles. The molecule has 2 N–H and O–H groups in total. The molecule has 0 bridgehead atoms. The quantitative estimate of drug-likeness (QED) is 0.726. The van der Waals surface area contributed by atoms with E-state index >= 15 is 0 Å². The van der Waals surface area contributed by atoms with Gasteiger partial charge in [0.2, 0.25) is 0 Å². The number of nitrogens with one attached hydrogen (secondary N) is 2. The Kier molecular flexibility index (Phi) is 4.66. The van der Waals surface area contributed by atoms with E-state index in [4.69, 9.17) is 4.84 Å². The Morgan fingerprint density at radius 3 is 2.75 bits per heavy atom. The summed E-state index contributed by atoms with van der Waals surface area (Å²) in [5, 5.41) is 7.85. The maximum atomic E-state index is 12.6. The van der Waals surface area contributed by atoms with Crippen molar-refractivity contribution in [3.8, 4) is 0 Å². The number of Topliss-reactive ketones (excluding diaryl/α,β-unsaturated/α-hetero) is 1. The van der Waals surface area contributed by atoms with Crippen LogP contribution in [0.3, 0.4) is 0 Å². The molecule has 0 amide bonds. The SMILES string of the molecule is CC12CCC3C(CCC4=CC(=NNOC5CCNC5)CCC43C)C1CCC2=O. The molecule has 5 rings (SSSR count). The second-order valence-corrected chi connectivity index (χ2v) is 10.3. The van der Waals surface area contributed by atoms with Crippen molar-refractivity contribution in [2.24, 2.45) is 33.7 Å². The number of carbonyl (C=O) groups excluding carboxylic acids is 1. The smallest absolute Gasteiger partial charge is 0.139 e. The van der Waals surface area contributed by atoms with Crippen molar-refractivity contribution in [3.05, 3.63) is 11.6 Å². The van der Waals surface area contributed by atoms with Gasteiger partial charge in [0.25, 0.3) is 0 Å². The van der Waals surface area contributed by atoms with E-state index in [0.717, 1.165) is 62.7 Å². The minimum absolute atomic E-state index is 0.0175. The lowest BCUT2D eigenvalue weighted by Crippen LogP contribution is -2.50. The van der Waals surface area contributed by atoms with Crippen LogP contribution in [-0.4, -0.2) is 30.7 Å². The number of rotatable bonds is 3. The topological polar surface area (TPSA) is 62.7 Å². The summed E-state index contributed by atoms with van der Waals surface area (Å²) in [4.78, 5) is 18.2. The monoisotopic (exact) mass is 385 g/mol. The minimum Gasteiger partial charge on any atom is -0.314 e. The number of nitrogens with zero attached hydrogens (tertiary/aromatic N) is 1. The molecule has 4 fully saturated rings. The van der Waals surface area contributed by atoms with E-state index in [9.17, 15) is 4.79 Å². The molecule has 0 spiro atoms. The number of hydrogen-bond donors (Lipinski definition) is 2. The maximum absolute atomic E-state index is 12.6. The zero-order chi connectivity index (χ0) is 19.4. The fourth-order valence-electron chi connectivity index (χ4n) is 7.32. The number of hydrogen-bond acceptors (Lipinski definition) is 5. The number of ketones is 1. The summed E-state index contributed by atoms with van der Waals surface area (Å²) in [5.41, 5.74) is 5.87. The summed E-state index contributed by atoms with van der Waals surface area (Å²) in [5.74, 6) is 2.65. The fraction of sp³-hybridized carbons (Fsp3) is 0.826. The second kappa shape index (κ2) is 6.94. The zero-order valence-electron chi connectivity index (χ0n) is 17.4. The predicted molar refractivity (Wildman–Crippen MR) is 110 cm³/mol. The van der Waals surface area contributed by atoms with Crippen molar-refractivity contribution in [3.63, 3.8) is 0 Å². The number of carbonyl (C=O) groups is 1. The Morgan fingerprint density at radius 2 is 1.93 bits per heavy atom. The predicted octanol–water partition coefficient (Wildman–Crippen LogP) is 3.76. The molecule has 6 atom stereocenters. The summed E-state index contributed by atoms with van der Waals surface area (Å²) >= 11 is 0. The van der Waals surface area contributed by atoms with Gasteiger partial charge in [-0.15, -0.1) is 0 Å². The van der Waals surface area contributed by atoms with E-state index in [2.05, 4.69) is 35.9 Å². The summed E-state index contributed by atoms with van der Waals surface area (Å²) in [6, 6.07) is 0. The molecule has 4 aliphatic carbocycles. The third-order valence-corrected chi connectivity index (χ3v) is 9.11. The molecule has 0 aromatic rings. The highest BCUT2D eigenvalue weighted by Gasteiger charge is 2.58. The van der Waals surface area contributed by atoms with Crippen LogP contribution >= 0.6 is 0 Å². The molecule has 5 heteroatoms. The van der Waals surface area contributed by atoms with Gasteiger partial charge in [0.1, 0.15) is 11.9 Å². The van der Waals surface area contributed by atoms with Crippen molar-refractivity contribution in [2.45, 2.75) is 77.7 Å². The van der Waals surface area contributed by atoms with Crippen molar-refractivity contribution in [1.29, 1.82) is 0 Å². The number of allylic oxidation sites excluding steroid dienone is 2. The summed E-state index contributed by atoms with van der Waals surface area (Å²) < 4.78 is 0. The van der Waals surface area contributed by atoms with Crippen LogP contribution in [0.15, 0.2) is 16.8 Å². The van der Waals surface area contributed by atoms with Gasteiger partial charge in [-0.2, -0.15) is 10.7 Å². The third-order valence-electron chi connectivity index (χ3n) is 9.11. The molecule has 5 nitrogen and oxygen atoms in total. The Bertz CT molecular complexity index is 711. The maximum Gasteiger partial charge on any atom is 0.139 e. The highest BCUT2D eigenvalue weighted by Crippen LogP contribution is 2.64. The molecule has 3 saturated carbocycles. The van der Waals surface area contributed by atoms with Crippen LogP contribution in [0.4, 0.5) is 0 Å². The lowest BCUT2D eigenvalue weighted by Gasteiger charge is -2.57. The average molecular weight is 386 g/mol. The Labute approximate surface area is 168 Å². The first-order chi connectivity index (χ1) is 13.5. The standard InChI is InChI=1S/C23H35N3O2/c1-22-10-7-16(25-26-28-17-9-12-24-14-17)13-15(22)3-4-18-19-5-6-21(27)23(19,2)11-8-20(18)22/h13,17-20,24,26H,3-12,14H2,1-2H3. The molecule has 0 aromatic carbocycles. The normalized spacial score (nSPS) is 46.7. The van der Waals surface area contributed by atoms with Gasteiger partial charge in [-0.1, -0.05) is 19.4 Å². The fourth-order valence-corrected chi connectivity index (χ4v) is 7.32. The van der Waals surface area contributed by atoms with Crippen LogP contribution in [0, 0.1) is 28.6 Å². The summed E-state index contributed by atoms with van der Waals surface area (Å²) in [6.07, 6.45) is 12.5. The van der Waals surface area contributed by atoms with Crippen molar-refractivity contribution < 1.29 is 9.63 Å². The first-order valence-electron chi connectivity index (χ1n) is 11.4. The molecule has 6 unspecified atom stereocenters. The highest BCUT2D eigenvalue weighted by atomic mass is 16.7. The highest BCUT2D eigenvalue weighted by molar-refractivity contribution is 5.96. The van der Waals surface area contributed by atoms with Gasteiger partial charge in [-0.3, -0.25) is 9.63 Å². The Morgan fingerprint density at radius 1 is 1.07 bits per heavy atom. The number of fused-ring (bicyclic) bond motifs is 5. The summed E-state index contributed by atoms with van der Waals surface area (Å²) in [6.45, 7) is 6.70. The summed E-state index contributed by atoms with van der Waals surface area (Å²) in [7, 11) is 0. The Balaban J connectivity index is 1.31. The lowest BCUT2D eigenvalue weighted by molar-refractivity contribution is -0.132. The van der Waals surface area contributed by atoms with Crippen LogP contribution in [0.1, 0.15) is 71.6 Å².